The van der Waals surface area contributed by atoms with Crippen LogP contribution in [0.2, 0.25) is 0 Å². The minimum atomic E-state index is 0.278. The number of nitriles is 1. The summed E-state index contributed by atoms with van der Waals surface area (Å²) in [7, 11) is 0. The first kappa shape index (κ1) is 10.1. The van der Waals surface area contributed by atoms with Gasteiger partial charge < -0.3 is 4.74 Å². The molecular formula is C12H9N3O. The van der Waals surface area contributed by atoms with Crippen LogP contribution in [0.15, 0.2) is 36.7 Å². The molecule has 0 aliphatic heterocycles. The van der Waals surface area contributed by atoms with E-state index in [1.165, 1.54) is 0 Å². The summed E-state index contributed by atoms with van der Waals surface area (Å²) in [6.45, 7) is 1.90. The highest BCUT2D eigenvalue weighted by Gasteiger charge is 2.04. The fourth-order valence-electron chi connectivity index (χ4n) is 1.22. The Bertz CT molecular complexity index is 532. The Balaban J connectivity index is 2.31. The number of benzene rings is 1. The fourth-order valence-corrected chi connectivity index (χ4v) is 1.22. The molecule has 0 unspecified atom stereocenters. The molecule has 0 saturated carbocycles. The molecule has 0 bridgehead atoms. The molecule has 0 N–H and O–H groups in total. The molecule has 78 valence electrons. The summed E-state index contributed by atoms with van der Waals surface area (Å²) in [5, 5.41) is 8.78. The summed E-state index contributed by atoms with van der Waals surface area (Å²) < 4.78 is 5.48. The largest absolute Gasteiger partial charge is 0.424 e. The molecule has 0 radical (unpaired) electrons. The number of aromatic nitrogens is 2. The van der Waals surface area contributed by atoms with E-state index in [9.17, 15) is 0 Å². The molecule has 2 rings (SSSR count). The molecule has 1 aromatic carbocycles. The van der Waals surface area contributed by atoms with Gasteiger partial charge in [0.05, 0.1) is 11.6 Å². The van der Waals surface area contributed by atoms with Crippen LogP contribution in [0.1, 0.15) is 11.1 Å². The van der Waals surface area contributed by atoms with Gasteiger partial charge in [-0.3, -0.25) is 0 Å². The van der Waals surface area contributed by atoms with Crippen LogP contribution in [0.3, 0.4) is 0 Å². The molecular weight excluding hydrogens is 202 g/mol. The van der Waals surface area contributed by atoms with Crippen molar-refractivity contribution in [2.75, 3.05) is 0 Å². The van der Waals surface area contributed by atoms with Gasteiger partial charge in [0, 0.05) is 12.4 Å². The maximum absolute atomic E-state index is 8.78. The molecule has 1 heterocycles. The lowest BCUT2D eigenvalue weighted by molar-refractivity contribution is 0.438. The molecule has 0 atom stereocenters. The molecule has 0 aliphatic rings. The molecule has 4 nitrogen and oxygen atoms in total. The third-order valence-corrected chi connectivity index (χ3v) is 2.06. The van der Waals surface area contributed by atoms with Crippen molar-refractivity contribution in [3.05, 3.63) is 47.8 Å². The number of nitrogens with zero attached hydrogens (tertiary/aromatic N) is 3. The Kier molecular flexibility index (Phi) is 2.79. The molecule has 2 aromatic rings. The van der Waals surface area contributed by atoms with Crippen LogP contribution in [0, 0.1) is 18.3 Å². The van der Waals surface area contributed by atoms with Crippen LogP contribution >= 0.6 is 0 Å². The third-order valence-electron chi connectivity index (χ3n) is 2.06. The Labute approximate surface area is 93.2 Å². The van der Waals surface area contributed by atoms with Crippen LogP contribution in [-0.4, -0.2) is 9.97 Å². The average Bonchev–Trinajstić information content (AvgIpc) is 2.33. The number of aryl methyl sites for hydroxylation is 1. The Morgan fingerprint density at radius 3 is 2.69 bits per heavy atom. The van der Waals surface area contributed by atoms with Crippen molar-refractivity contribution in [3.63, 3.8) is 0 Å². The van der Waals surface area contributed by atoms with Crippen LogP contribution < -0.4 is 4.74 Å². The predicted molar refractivity (Wildman–Crippen MR) is 58.0 cm³/mol. The van der Waals surface area contributed by atoms with Crippen molar-refractivity contribution < 1.29 is 4.74 Å². The third kappa shape index (κ3) is 2.15. The van der Waals surface area contributed by atoms with Gasteiger partial charge in [-0.05, 0) is 30.7 Å². The first-order chi connectivity index (χ1) is 7.79. The smallest absolute Gasteiger partial charge is 0.321 e. The first-order valence-electron chi connectivity index (χ1n) is 4.75. The summed E-state index contributed by atoms with van der Waals surface area (Å²) in [5.41, 5.74) is 1.49. The van der Waals surface area contributed by atoms with E-state index < -0.39 is 0 Å². The number of hydrogen-bond acceptors (Lipinski definition) is 4. The van der Waals surface area contributed by atoms with Crippen molar-refractivity contribution in [2.24, 2.45) is 0 Å². The van der Waals surface area contributed by atoms with E-state index in [-0.39, 0.29) is 6.01 Å². The molecule has 16 heavy (non-hydrogen) atoms. The number of rotatable bonds is 2. The monoisotopic (exact) mass is 211 g/mol. The summed E-state index contributed by atoms with van der Waals surface area (Å²) in [5.74, 6) is 0.602. The second kappa shape index (κ2) is 4.41. The second-order valence-electron chi connectivity index (χ2n) is 3.23. The summed E-state index contributed by atoms with van der Waals surface area (Å²) in [6, 6.07) is 9.30. The predicted octanol–water partition coefficient (Wildman–Crippen LogP) is 2.45. The standard InChI is InChI=1S/C12H9N3O/c1-9-3-4-10(8-13)7-11(9)16-12-14-5-2-6-15-12/h2-7H,1H3. The van der Waals surface area contributed by atoms with E-state index in [4.69, 9.17) is 10.00 Å². The molecule has 0 fully saturated rings. The quantitative estimate of drug-likeness (QED) is 0.765. The summed E-state index contributed by atoms with van der Waals surface area (Å²) in [6.07, 6.45) is 3.21. The minimum Gasteiger partial charge on any atom is -0.424 e. The van der Waals surface area contributed by atoms with Crippen molar-refractivity contribution in [1.29, 1.82) is 5.26 Å². The molecule has 1 aromatic heterocycles. The van der Waals surface area contributed by atoms with Crippen molar-refractivity contribution in [2.45, 2.75) is 6.92 Å². The van der Waals surface area contributed by atoms with E-state index >= 15 is 0 Å². The number of hydrogen-bond donors (Lipinski definition) is 0. The van der Waals surface area contributed by atoms with Gasteiger partial charge in [-0.2, -0.15) is 5.26 Å². The summed E-state index contributed by atoms with van der Waals surface area (Å²) >= 11 is 0. The van der Waals surface area contributed by atoms with Crippen molar-refractivity contribution in [1.82, 2.24) is 9.97 Å². The summed E-state index contributed by atoms with van der Waals surface area (Å²) in [4.78, 5) is 7.91. The SMILES string of the molecule is Cc1ccc(C#N)cc1Oc1ncccn1. The zero-order valence-corrected chi connectivity index (χ0v) is 8.71. The lowest BCUT2D eigenvalue weighted by atomic mass is 10.1. The van der Waals surface area contributed by atoms with E-state index in [1.807, 2.05) is 13.0 Å². The molecule has 4 heteroatoms. The van der Waals surface area contributed by atoms with Crippen LogP contribution in [-0.2, 0) is 0 Å². The lowest BCUT2D eigenvalue weighted by Crippen LogP contribution is -1.92. The zero-order chi connectivity index (χ0) is 11.4. The van der Waals surface area contributed by atoms with E-state index in [0.29, 0.717) is 11.3 Å². The maximum Gasteiger partial charge on any atom is 0.321 e. The normalized spacial score (nSPS) is 9.50. The van der Waals surface area contributed by atoms with Gasteiger partial charge in [0.2, 0.25) is 0 Å². The average molecular weight is 211 g/mol. The van der Waals surface area contributed by atoms with Crippen molar-refractivity contribution >= 4 is 0 Å². The lowest BCUT2D eigenvalue weighted by Gasteiger charge is -2.06. The fraction of sp³-hybridized carbons (Fsp3) is 0.0833. The Hall–Kier alpha value is -2.41. The van der Waals surface area contributed by atoms with Gasteiger partial charge in [-0.15, -0.1) is 0 Å². The van der Waals surface area contributed by atoms with E-state index in [0.717, 1.165) is 5.56 Å². The molecule has 0 aliphatic carbocycles. The van der Waals surface area contributed by atoms with Crippen LogP contribution in [0.5, 0.6) is 11.8 Å². The highest BCUT2D eigenvalue weighted by molar-refractivity contribution is 5.42. The second-order valence-corrected chi connectivity index (χ2v) is 3.23. The topological polar surface area (TPSA) is 58.8 Å². The molecule has 0 saturated heterocycles. The molecule has 0 spiro atoms. The van der Waals surface area contributed by atoms with E-state index in [2.05, 4.69) is 16.0 Å². The van der Waals surface area contributed by atoms with Gasteiger partial charge in [0.1, 0.15) is 5.75 Å². The Morgan fingerprint density at radius 2 is 2.00 bits per heavy atom. The van der Waals surface area contributed by atoms with Crippen molar-refractivity contribution in [3.8, 4) is 17.8 Å². The van der Waals surface area contributed by atoms with Gasteiger partial charge >= 0.3 is 6.01 Å². The van der Waals surface area contributed by atoms with Gasteiger partial charge in [-0.1, -0.05) is 6.07 Å². The van der Waals surface area contributed by atoms with E-state index in [1.54, 1.807) is 30.6 Å². The van der Waals surface area contributed by atoms with Gasteiger partial charge in [0.25, 0.3) is 0 Å². The highest BCUT2D eigenvalue weighted by atomic mass is 16.5. The maximum atomic E-state index is 8.78. The zero-order valence-electron chi connectivity index (χ0n) is 8.71. The van der Waals surface area contributed by atoms with Gasteiger partial charge in [0.15, 0.2) is 0 Å². The molecule has 0 amide bonds. The first-order valence-corrected chi connectivity index (χ1v) is 4.75. The highest BCUT2D eigenvalue weighted by Crippen LogP contribution is 2.23. The minimum absolute atomic E-state index is 0.278. The van der Waals surface area contributed by atoms with Crippen LogP contribution in [0.25, 0.3) is 0 Å². The van der Waals surface area contributed by atoms with Crippen LogP contribution in [0.4, 0.5) is 0 Å². The Morgan fingerprint density at radius 1 is 1.25 bits per heavy atom. The number of ether oxygens (including phenoxy) is 1. The van der Waals surface area contributed by atoms with Gasteiger partial charge in [-0.25, -0.2) is 9.97 Å².